The Labute approximate surface area is 66.2 Å². The van der Waals surface area contributed by atoms with Gasteiger partial charge in [0.05, 0.1) is 0 Å². The van der Waals surface area contributed by atoms with Crippen LogP contribution in [0.25, 0.3) is 0 Å². The maximum absolute atomic E-state index is 11.2. The van der Waals surface area contributed by atoms with E-state index < -0.39 is 0 Å². The Morgan fingerprint density at radius 1 is 1.27 bits per heavy atom. The minimum Gasteiger partial charge on any atom is -0.355 e. The highest BCUT2D eigenvalue weighted by molar-refractivity contribution is 5.90. The third kappa shape index (κ3) is 1.59. The number of ketones is 1. The van der Waals surface area contributed by atoms with Gasteiger partial charge in [0.2, 0.25) is 5.91 Å². The zero-order valence-corrected chi connectivity index (χ0v) is 6.89. The van der Waals surface area contributed by atoms with Crippen LogP contribution in [-0.4, -0.2) is 18.2 Å². The van der Waals surface area contributed by atoms with E-state index >= 15 is 0 Å². The van der Waals surface area contributed by atoms with Crippen molar-refractivity contribution in [2.75, 3.05) is 6.54 Å². The molecule has 1 aliphatic rings. The number of nitrogens with one attached hydrogen (secondary N) is 1. The second-order valence-electron chi connectivity index (χ2n) is 3.08. The summed E-state index contributed by atoms with van der Waals surface area (Å²) in [6, 6.07) is 0. The van der Waals surface area contributed by atoms with Gasteiger partial charge in [-0.05, 0) is 0 Å². The van der Waals surface area contributed by atoms with Crippen molar-refractivity contribution in [3.05, 3.63) is 0 Å². The molecule has 3 nitrogen and oxygen atoms in total. The Kier molecular flexibility index (Phi) is 2.27. The quantitative estimate of drug-likeness (QED) is 0.548. The predicted molar refractivity (Wildman–Crippen MR) is 41.0 cm³/mol. The number of rotatable bonds is 0. The van der Waals surface area contributed by atoms with Crippen molar-refractivity contribution < 1.29 is 9.59 Å². The van der Waals surface area contributed by atoms with E-state index in [4.69, 9.17) is 0 Å². The first kappa shape index (κ1) is 8.24. The van der Waals surface area contributed by atoms with E-state index in [1.165, 1.54) is 0 Å². The van der Waals surface area contributed by atoms with Crippen LogP contribution >= 0.6 is 0 Å². The molecule has 3 heteroatoms. The lowest BCUT2D eigenvalue weighted by Crippen LogP contribution is -2.30. The molecule has 0 spiro atoms. The van der Waals surface area contributed by atoms with Crippen molar-refractivity contribution in [3.8, 4) is 0 Å². The fraction of sp³-hybridized carbons (Fsp3) is 0.750. The molecule has 62 valence electrons. The number of carbonyl (C=O) groups is 2. The Morgan fingerprint density at radius 2 is 1.91 bits per heavy atom. The number of hydrogen-bond acceptors (Lipinski definition) is 2. The smallest absolute Gasteiger partial charge is 0.223 e. The van der Waals surface area contributed by atoms with Gasteiger partial charge >= 0.3 is 0 Å². The molecule has 11 heavy (non-hydrogen) atoms. The van der Waals surface area contributed by atoms with Gasteiger partial charge in [-0.25, -0.2) is 0 Å². The minimum atomic E-state index is -0.162. The van der Waals surface area contributed by atoms with Crippen LogP contribution in [0.2, 0.25) is 0 Å². The molecule has 2 unspecified atom stereocenters. The second-order valence-corrected chi connectivity index (χ2v) is 3.08. The highest BCUT2D eigenvalue weighted by Gasteiger charge is 2.28. The summed E-state index contributed by atoms with van der Waals surface area (Å²) in [5.74, 6) is -0.0818. The summed E-state index contributed by atoms with van der Waals surface area (Å²) in [5.41, 5.74) is 0. The lowest BCUT2D eigenvalue weighted by atomic mass is 9.91. The molecule has 1 heterocycles. The monoisotopic (exact) mass is 155 g/mol. The maximum atomic E-state index is 11.2. The van der Waals surface area contributed by atoms with E-state index in [0.717, 1.165) is 0 Å². The molecule has 2 atom stereocenters. The van der Waals surface area contributed by atoms with Crippen molar-refractivity contribution in [1.82, 2.24) is 5.32 Å². The molecule has 0 aromatic carbocycles. The molecule has 0 aromatic rings. The summed E-state index contributed by atoms with van der Waals surface area (Å²) in [6.45, 7) is 4.12. The minimum absolute atomic E-state index is 0.00310. The first-order valence-corrected chi connectivity index (χ1v) is 3.93. The second kappa shape index (κ2) is 3.03. The molecule has 1 rings (SSSR count). The van der Waals surface area contributed by atoms with Crippen molar-refractivity contribution in [1.29, 1.82) is 0 Å². The molecule has 0 radical (unpaired) electrons. The van der Waals surface area contributed by atoms with Crippen LogP contribution in [0.15, 0.2) is 0 Å². The average molecular weight is 155 g/mol. The van der Waals surface area contributed by atoms with Gasteiger partial charge in [-0.2, -0.15) is 0 Å². The van der Waals surface area contributed by atoms with Crippen molar-refractivity contribution >= 4 is 11.7 Å². The van der Waals surface area contributed by atoms with Gasteiger partial charge in [-0.15, -0.1) is 0 Å². The highest BCUT2D eigenvalue weighted by Crippen LogP contribution is 2.15. The van der Waals surface area contributed by atoms with Crippen LogP contribution in [0.3, 0.4) is 0 Å². The summed E-state index contributed by atoms with van der Waals surface area (Å²) in [5, 5.41) is 2.70. The number of carbonyl (C=O) groups excluding carboxylic acids is 2. The van der Waals surface area contributed by atoms with E-state index in [0.29, 0.717) is 13.0 Å². The molecule has 0 bridgehead atoms. The van der Waals surface area contributed by atoms with Gasteiger partial charge in [-0.1, -0.05) is 13.8 Å². The predicted octanol–water partition coefficient (Wildman–Crippen LogP) is 0.348. The van der Waals surface area contributed by atoms with Crippen LogP contribution in [-0.2, 0) is 9.59 Å². The fourth-order valence-corrected chi connectivity index (χ4v) is 1.20. The van der Waals surface area contributed by atoms with Crippen LogP contribution in [0, 0.1) is 11.8 Å². The third-order valence-corrected chi connectivity index (χ3v) is 2.34. The normalized spacial score (nSPS) is 32.9. The Hall–Kier alpha value is -0.860. The molecular formula is C8H13NO2. The van der Waals surface area contributed by atoms with Gasteiger partial charge in [0, 0.05) is 24.8 Å². The molecule has 0 saturated carbocycles. The van der Waals surface area contributed by atoms with Crippen molar-refractivity contribution in [2.45, 2.75) is 20.3 Å². The molecule has 1 fully saturated rings. The number of Topliss-reactive ketones (excluding diaryl/α,β-unsaturated/α-hetero) is 1. The summed E-state index contributed by atoms with van der Waals surface area (Å²) in [4.78, 5) is 22.3. The van der Waals surface area contributed by atoms with E-state index in [2.05, 4.69) is 5.32 Å². The largest absolute Gasteiger partial charge is 0.355 e. The van der Waals surface area contributed by atoms with E-state index in [1.54, 1.807) is 6.92 Å². The van der Waals surface area contributed by atoms with Crippen LogP contribution in [0.1, 0.15) is 20.3 Å². The first-order chi connectivity index (χ1) is 5.13. The SMILES string of the molecule is CC1C(=O)CCNC(=O)C1C. The molecule has 1 N–H and O–H groups in total. The van der Waals surface area contributed by atoms with Crippen LogP contribution in [0.4, 0.5) is 0 Å². The zero-order chi connectivity index (χ0) is 8.43. The van der Waals surface area contributed by atoms with Crippen molar-refractivity contribution in [2.24, 2.45) is 11.8 Å². The standard InChI is InChI=1S/C8H13NO2/c1-5-6(2)8(11)9-4-3-7(5)10/h5-6H,3-4H2,1-2H3,(H,9,11). The van der Waals surface area contributed by atoms with Gasteiger partial charge in [-0.3, -0.25) is 9.59 Å². The topological polar surface area (TPSA) is 46.2 Å². The number of amides is 1. The first-order valence-electron chi connectivity index (χ1n) is 3.93. The van der Waals surface area contributed by atoms with Gasteiger partial charge in [0.25, 0.3) is 0 Å². The Balaban J connectivity index is 2.73. The molecular weight excluding hydrogens is 142 g/mol. The molecule has 1 aliphatic heterocycles. The Morgan fingerprint density at radius 3 is 2.55 bits per heavy atom. The molecule has 1 saturated heterocycles. The molecule has 0 aromatic heterocycles. The fourth-order valence-electron chi connectivity index (χ4n) is 1.20. The van der Waals surface area contributed by atoms with Crippen LogP contribution in [0.5, 0.6) is 0 Å². The maximum Gasteiger partial charge on any atom is 0.223 e. The van der Waals surface area contributed by atoms with Gasteiger partial charge < -0.3 is 5.32 Å². The van der Waals surface area contributed by atoms with Gasteiger partial charge in [0.15, 0.2) is 0 Å². The van der Waals surface area contributed by atoms with E-state index in [1.807, 2.05) is 6.92 Å². The lowest BCUT2D eigenvalue weighted by Gasteiger charge is -2.12. The van der Waals surface area contributed by atoms with Gasteiger partial charge in [0.1, 0.15) is 5.78 Å². The van der Waals surface area contributed by atoms with Crippen molar-refractivity contribution in [3.63, 3.8) is 0 Å². The summed E-state index contributed by atoms with van der Waals surface area (Å²) < 4.78 is 0. The van der Waals surface area contributed by atoms with Crippen LogP contribution < -0.4 is 5.32 Å². The summed E-state index contributed by atoms with van der Waals surface area (Å²) in [6.07, 6.45) is 0.483. The molecule has 1 amide bonds. The lowest BCUT2D eigenvalue weighted by molar-refractivity contribution is -0.129. The number of hydrogen-bond donors (Lipinski definition) is 1. The Bertz CT molecular complexity index is 169. The zero-order valence-electron chi connectivity index (χ0n) is 6.89. The van der Waals surface area contributed by atoms with E-state index in [9.17, 15) is 9.59 Å². The molecule has 0 aliphatic carbocycles. The average Bonchev–Trinajstić information content (AvgIpc) is 2.07. The summed E-state index contributed by atoms with van der Waals surface area (Å²) >= 11 is 0. The highest BCUT2D eigenvalue weighted by atomic mass is 16.2. The third-order valence-electron chi connectivity index (χ3n) is 2.34. The summed E-state index contributed by atoms with van der Waals surface area (Å²) in [7, 11) is 0. The van der Waals surface area contributed by atoms with E-state index in [-0.39, 0.29) is 23.5 Å².